The largest absolute Gasteiger partial charge is 0.341 e. The number of nitrogens with zero attached hydrogens (tertiary/aromatic N) is 1. The Kier molecular flexibility index (Phi) is 5.88. The summed E-state index contributed by atoms with van der Waals surface area (Å²) in [6.45, 7) is 13.2. The molecule has 1 aliphatic heterocycles. The SMILES string of the molecule is CCC[NH+]1CC[NH+]([C@@H](C)C(=O)Nc2ccc3c(c2)c2ccccc2n3CC)CC1. The van der Waals surface area contributed by atoms with Crippen molar-refractivity contribution in [3.8, 4) is 0 Å². The van der Waals surface area contributed by atoms with Crippen LogP contribution in [-0.2, 0) is 11.3 Å². The van der Waals surface area contributed by atoms with E-state index in [1.54, 1.807) is 4.90 Å². The van der Waals surface area contributed by atoms with E-state index < -0.39 is 0 Å². The van der Waals surface area contributed by atoms with Crippen molar-refractivity contribution in [3.63, 3.8) is 0 Å². The molecule has 3 aromatic rings. The van der Waals surface area contributed by atoms with Crippen LogP contribution in [0, 0.1) is 0 Å². The number of hydrogen-bond donors (Lipinski definition) is 3. The number of nitrogens with one attached hydrogen (secondary N) is 3. The van der Waals surface area contributed by atoms with Crippen molar-refractivity contribution < 1.29 is 14.6 Å². The molecule has 5 heteroatoms. The molecule has 4 rings (SSSR count). The number of aryl methyl sites for hydroxylation is 1. The summed E-state index contributed by atoms with van der Waals surface area (Å²) in [5.41, 5.74) is 3.36. The van der Waals surface area contributed by atoms with E-state index in [4.69, 9.17) is 0 Å². The fourth-order valence-electron chi connectivity index (χ4n) is 4.87. The second kappa shape index (κ2) is 8.56. The first-order chi connectivity index (χ1) is 14.1. The van der Waals surface area contributed by atoms with Crippen LogP contribution in [0.25, 0.3) is 21.8 Å². The molecule has 154 valence electrons. The van der Waals surface area contributed by atoms with Crippen LogP contribution in [0.1, 0.15) is 27.2 Å². The third-order valence-corrected chi connectivity index (χ3v) is 6.56. The lowest BCUT2D eigenvalue weighted by molar-refractivity contribution is -1.02. The number of piperazine rings is 1. The van der Waals surface area contributed by atoms with Gasteiger partial charge in [0.05, 0.1) is 6.54 Å². The van der Waals surface area contributed by atoms with Crippen LogP contribution >= 0.6 is 0 Å². The average Bonchev–Trinajstić information content (AvgIpc) is 3.07. The van der Waals surface area contributed by atoms with E-state index in [2.05, 4.69) is 67.1 Å². The standard InChI is InChI=1S/C24H32N4O/c1-4-12-26-13-15-27(16-14-26)18(3)24(29)25-19-10-11-23-21(17-19)20-8-6-7-9-22(20)28(23)5-2/h6-11,17-18H,4-5,12-16H2,1-3H3,(H,25,29)/p+2/t18-/m0/s1. The van der Waals surface area contributed by atoms with Crippen molar-refractivity contribution in [2.75, 3.05) is 38.0 Å². The molecule has 0 saturated carbocycles. The van der Waals surface area contributed by atoms with E-state index in [9.17, 15) is 4.79 Å². The van der Waals surface area contributed by atoms with E-state index in [0.717, 1.165) is 25.3 Å². The van der Waals surface area contributed by atoms with Gasteiger partial charge in [-0.25, -0.2) is 0 Å². The molecule has 1 atom stereocenters. The molecule has 0 radical (unpaired) electrons. The predicted molar refractivity (Wildman–Crippen MR) is 120 cm³/mol. The van der Waals surface area contributed by atoms with Crippen molar-refractivity contribution in [1.82, 2.24) is 4.57 Å². The highest BCUT2D eigenvalue weighted by atomic mass is 16.2. The highest BCUT2D eigenvalue weighted by Gasteiger charge is 2.30. The lowest BCUT2D eigenvalue weighted by Gasteiger charge is -2.32. The Bertz CT molecular complexity index is 1000. The fraction of sp³-hybridized carbons (Fsp3) is 0.458. The maximum absolute atomic E-state index is 12.9. The van der Waals surface area contributed by atoms with Gasteiger partial charge in [-0.05, 0) is 44.5 Å². The number of hydrogen-bond acceptors (Lipinski definition) is 1. The van der Waals surface area contributed by atoms with Crippen molar-refractivity contribution in [2.45, 2.75) is 39.8 Å². The minimum absolute atomic E-state index is 0.0224. The molecule has 5 nitrogen and oxygen atoms in total. The number of carbonyl (C=O) groups excluding carboxylic acids is 1. The molecule has 1 amide bonds. The van der Waals surface area contributed by atoms with E-state index in [1.165, 1.54) is 52.8 Å². The second-order valence-electron chi connectivity index (χ2n) is 8.36. The van der Waals surface area contributed by atoms with Crippen LogP contribution in [0.5, 0.6) is 0 Å². The molecule has 1 saturated heterocycles. The lowest BCUT2D eigenvalue weighted by atomic mass is 10.1. The molecule has 0 unspecified atom stereocenters. The highest BCUT2D eigenvalue weighted by molar-refractivity contribution is 6.09. The van der Waals surface area contributed by atoms with Crippen LogP contribution in [0.15, 0.2) is 42.5 Å². The predicted octanol–water partition coefficient (Wildman–Crippen LogP) is 1.33. The molecule has 2 aromatic carbocycles. The minimum atomic E-state index is -0.0224. The quantitative estimate of drug-likeness (QED) is 0.580. The molecular weight excluding hydrogens is 360 g/mol. The smallest absolute Gasteiger partial charge is 0.282 e. The monoisotopic (exact) mass is 394 g/mol. The van der Waals surface area contributed by atoms with Crippen LogP contribution in [-0.4, -0.2) is 49.2 Å². The topological polar surface area (TPSA) is 42.9 Å². The Balaban J connectivity index is 1.50. The lowest BCUT2D eigenvalue weighted by Crippen LogP contribution is -3.30. The van der Waals surface area contributed by atoms with Gasteiger partial charge in [-0.1, -0.05) is 25.1 Å². The summed E-state index contributed by atoms with van der Waals surface area (Å²) in [5, 5.41) is 5.63. The van der Waals surface area contributed by atoms with Gasteiger partial charge < -0.3 is 19.7 Å². The summed E-state index contributed by atoms with van der Waals surface area (Å²) in [7, 11) is 0. The second-order valence-corrected chi connectivity index (χ2v) is 8.36. The van der Waals surface area contributed by atoms with Gasteiger partial charge in [0.25, 0.3) is 5.91 Å². The molecule has 1 aliphatic rings. The molecule has 29 heavy (non-hydrogen) atoms. The minimum Gasteiger partial charge on any atom is -0.341 e. The number of fused-ring (bicyclic) bond motifs is 3. The first-order valence-corrected chi connectivity index (χ1v) is 11.1. The molecule has 1 fully saturated rings. The Labute approximate surface area is 173 Å². The number of carbonyl (C=O) groups is 1. The normalized spacial score (nSPS) is 20.8. The number of amides is 1. The summed E-state index contributed by atoms with van der Waals surface area (Å²) in [5.74, 6) is 0.123. The fourth-order valence-corrected chi connectivity index (χ4v) is 4.87. The summed E-state index contributed by atoms with van der Waals surface area (Å²) in [6.07, 6.45) is 1.23. The third-order valence-electron chi connectivity index (χ3n) is 6.56. The Morgan fingerprint density at radius 3 is 2.48 bits per heavy atom. The first kappa shape index (κ1) is 19.9. The zero-order valence-electron chi connectivity index (χ0n) is 17.9. The highest BCUT2D eigenvalue weighted by Crippen LogP contribution is 2.30. The maximum atomic E-state index is 12.9. The Morgan fingerprint density at radius 2 is 1.76 bits per heavy atom. The van der Waals surface area contributed by atoms with Crippen molar-refractivity contribution >= 4 is 33.4 Å². The van der Waals surface area contributed by atoms with Crippen LogP contribution in [0.2, 0.25) is 0 Å². The average molecular weight is 395 g/mol. The summed E-state index contributed by atoms with van der Waals surface area (Å²) in [4.78, 5) is 16.0. The van der Waals surface area contributed by atoms with Gasteiger partial charge in [0.15, 0.2) is 6.04 Å². The first-order valence-electron chi connectivity index (χ1n) is 11.1. The Morgan fingerprint density at radius 1 is 1.03 bits per heavy atom. The van der Waals surface area contributed by atoms with Crippen molar-refractivity contribution in [3.05, 3.63) is 42.5 Å². The van der Waals surface area contributed by atoms with Gasteiger partial charge in [-0.15, -0.1) is 0 Å². The van der Waals surface area contributed by atoms with E-state index in [-0.39, 0.29) is 11.9 Å². The molecule has 0 bridgehead atoms. The zero-order chi connectivity index (χ0) is 20.4. The maximum Gasteiger partial charge on any atom is 0.282 e. The van der Waals surface area contributed by atoms with Crippen molar-refractivity contribution in [1.29, 1.82) is 0 Å². The van der Waals surface area contributed by atoms with Gasteiger partial charge in [0.1, 0.15) is 26.2 Å². The molecular formula is C24H34N4O+2. The number of para-hydroxylation sites is 1. The van der Waals surface area contributed by atoms with Crippen LogP contribution in [0.3, 0.4) is 0 Å². The molecule has 2 heterocycles. The summed E-state index contributed by atoms with van der Waals surface area (Å²) < 4.78 is 2.33. The Hall–Kier alpha value is -2.37. The van der Waals surface area contributed by atoms with Gasteiger partial charge in [0, 0.05) is 34.0 Å². The van der Waals surface area contributed by atoms with Crippen LogP contribution < -0.4 is 15.1 Å². The van der Waals surface area contributed by atoms with E-state index >= 15 is 0 Å². The van der Waals surface area contributed by atoms with Crippen molar-refractivity contribution in [2.24, 2.45) is 0 Å². The van der Waals surface area contributed by atoms with Gasteiger partial charge in [0.2, 0.25) is 0 Å². The van der Waals surface area contributed by atoms with E-state index in [1.807, 2.05) is 6.07 Å². The number of quaternary nitrogens is 2. The third kappa shape index (κ3) is 3.89. The molecule has 0 aliphatic carbocycles. The molecule has 0 spiro atoms. The van der Waals surface area contributed by atoms with Crippen LogP contribution in [0.4, 0.5) is 5.69 Å². The summed E-state index contributed by atoms with van der Waals surface area (Å²) in [6, 6.07) is 14.8. The number of rotatable bonds is 6. The molecule has 3 N–H and O–H groups in total. The van der Waals surface area contributed by atoms with Gasteiger partial charge in [-0.3, -0.25) is 4.79 Å². The number of benzene rings is 2. The molecule has 1 aromatic heterocycles. The number of aromatic nitrogens is 1. The van der Waals surface area contributed by atoms with Gasteiger partial charge in [-0.2, -0.15) is 0 Å². The van der Waals surface area contributed by atoms with Gasteiger partial charge >= 0.3 is 0 Å². The zero-order valence-corrected chi connectivity index (χ0v) is 17.9. The van der Waals surface area contributed by atoms with E-state index in [0.29, 0.717) is 0 Å². The summed E-state index contributed by atoms with van der Waals surface area (Å²) >= 11 is 0. The number of anilines is 1.